The van der Waals surface area contributed by atoms with Gasteiger partial charge in [-0.05, 0) is 49.3 Å². The maximum atomic E-state index is 12.6. The van der Waals surface area contributed by atoms with Gasteiger partial charge in [-0.1, -0.05) is 24.3 Å². The second-order valence-corrected chi connectivity index (χ2v) is 6.69. The van der Waals surface area contributed by atoms with Crippen LogP contribution >= 0.6 is 0 Å². The fourth-order valence-electron chi connectivity index (χ4n) is 4.23. The normalized spacial score (nSPS) is 32.0. The molecule has 2 fully saturated rings. The summed E-state index contributed by atoms with van der Waals surface area (Å²) in [6.07, 6.45) is 5.22. The third kappa shape index (κ3) is 1.76. The Morgan fingerprint density at radius 1 is 1.09 bits per heavy atom. The van der Waals surface area contributed by atoms with Gasteiger partial charge in [0.2, 0.25) is 11.8 Å². The lowest BCUT2D eigenvalue weighted by Gasteiger charge is -2.19. The van der Waals surface area contributed by atoms with Crippen molar-refractivity contribution in [3.05, 3.63) is 41.5 Å². The van der Waals surface area contributed by atoms with E-state index in [0.717, 1.165) is 17.7 Å². The summed E-state index contributed by atoms with van der Waals surface area (Å²) in [5, 5.41) is 3.26. The first-order chi connectivity index (χ1) is 10.6. The van der Waals surface area contributed by atoms with Crippen LogP contribution in [-0.4, -0.2) is 23.4 Å². The molecule has 0 unspecified atom stereocenters. The van der Waals surface area contributed by atoms with Crippen LogP contribution in [0.3, 0.4) is 0 Å². The van der Waals surface area contributed by atoms with Crippen LogP contribution in [0.15, 0.2) is 30.4 Å². The number of likely N-dealkylation sites (tertiary alicyclic amines) is 1. The molecular weight excluding hydrogens is 276 g/mol. The average molecular weight is 296 g/mol. The second kappa shape index (κ2) is 4.70. The van der Waals surface area contributed by atoms with Gasteiger partial charge in [0.15, 0.2) is 0 Å². The largest absolute Gasteiger partial charge is 0.367 e. The highest BCUT2D eigenvalue weighted by molar-refractivity contribution is 6.06. The average Bonchev–Trinajstić information content (AvgIpc) is 3.17. The number of carbonyl (C=O) groups excluding carboxylic acids is 2. The molecule has 22 heavy (non-hydrogen) atoms. The summed E-state index contributed by atoms with van der Waals surface area (Å²) in [7, 11) is 0. The monoisotopic (exact) mass is 296 g/mol. The predicted octanol–water partition coefficient (Wildman–Crippen LogP) is 2.48. The number of amides is 2. The molecule has 4 atom stereocenters. The Balaban J connectivity index is 1.52. The molecular formula is C18H20N2O2. The van der Waals surface area contributed by atoms with E-state index in [2.05, 4.69) is 30.5 Å². The summed E-state index contributed by atoms with van der Waals surface area (Å²) < 4.78 is 0. The molecule has 0 aromatic heterocycles. The molecule has 2 amide bonds. The smallest absolute Gasteiger partial charge is 0.235 e. The van der Waals surface area contributed by atoms with E-state index in [-0.39, 0.29) is 42.2 Å². The van der Waals surface area contributed by atoms with E-state index in [4.69, 9.17) is 0 Å². The topological polar surface area (TPSA) is 49.4 Å². The van der Waals surface area contributed by atoms with Crippen LogP contribution in [0.5, 0.6) is 0 Å². The van der Waals surface area contributed by atoms with Crippen molar-refractivity contribution >= 4 is 17.5 Å². The van der Waals surface area contributed by atoms with Crippen molar-refractivity contribution in [3.8, 4) is 0 Å². The Hall–Kier alpha value is -2.10. The lowest BCUT2D eigenvalue weighted by atomic mass is 9.85. The number of fused-ring (bicyclic) bond motifs is 5. The number of carbonyl (C=O) groups is 2. The minimum atomic E-state index is -0.108. The Kier molecular flexibility index (Phi) is 2.90. The number of anilines is 1. The van der Waals surface area contributed by atoms with Crippen LogP contribution in [0, 0.1) is 37.5 Å². The van der Waals surface area contributed by atoms with Crippen LogP contribution in [-0.2, 0) is 9.59 Å². The molecule has 4 heteroatoms. The molecule has 0 spiro atoms. The first kappa shape index (κ1) is 13.6. The van der Waals surface area contributed by atoms with Crippen LogP contribution in [0.1, 0.15) is 17.5 Å². The minimum absolute atomic E-state index is 0.00431. The fraction of sp³-hybridized carbons (Fsp3) is 0.444. The molecule has 1 aliphatic heterocycles. The molecule has 1 heterocycles. The number of nitrogens with zero attached hydrogens (tertiary/aromatic N) is 1. The highest BCUT2D eigenvalue weighted by Crippen LogP contribution is 2.52. The molecule has 1 aromatic rings. The molecule has 4 rings (SSSR count). The lowest BCUT2D eigenvalue weighted by molar-refractivity contribution is -0.140. The molecule has 4 nitrogen and oxygen atoms in total. The zero-order chi connectivity index (χ0) is 15.4. The Morgan fingerprint density at radius 2 is 1.73 bits per heavy atom. The van der Waals surface area contributed by atoms with E-state index < -0.39 is 0 Å². The van der Waals surface area contributed by atoms with Crippen molar-refractivity contribution in [1.82, 2.24) is 4.90 Å². The maximum Gasteiger partial charge on any atom is 0.235 e. The Morgan fingerprint density at radius 3 is 2.36 bits per heavy atom. The summed E-state index contributed by atoms with van der Waals surface area (Å²) >= 11 is 0. The van der Waals surface area contributed by atoms with Crippen molar-refractivity contribution in [1.29, 1.82) is 0 Å². The maximum absolute atomic E-state index is 12.6. The van der Waals surface area contributed by atoms with Crippen LogP contribution in [0.25, 0.3) is 0 Å². The highest BCUT2D eigenvalue weighted by Gasteiger charge is 2.59. The number of allylic oxidation sites excluding steroid dienone is 2. The number of hydrogen-bond donors (Lipinski definition) is 1. The summed E-state index contributed by atoms with van der Waals surface area (Å²) in [5.74, 6) is 0.342. The van der Waals surface area contributed by atoms with Crippen molar-refractivity contribution in [3.63, 3.8) is 0 Å². The van der Waals surface area contributed by atoms with E-state index in [0.29, 0.717) is 0 Å². The molecule has 1 saturated carbocycles. The van der Waals surface area contributed by atoms with Crippen molar-refractivity contribution in [2.75, 3.05) is 12.0 Å². The summed E-state index contributed by atoms with van der Waals surface area (Å²) in [6, 6.07) is 6.02. The van der Waals surface area contributed by atoms with Crippen molar-refractivity contribution in [2.45, 2.75) is 20.3 Å². The fourth-order valence-corrected chi connectivity index (χ4v) is 4.23. The molecule has 1 aromatic carbocycles. The number of benzene rings is 1. The zero-order valence-corrected chi connectivity index (χ0v) is 12.9. The molecule has 1 N–H and O–H groups in total. The third-order valence-electron chi connectivity index (χ3n) is 5.59. The van der Waals surface area contributed by atoms with Gasteiger partial charge in [0.05, 0.1) is 18.5 Å². The Labute approximate surface area is 130 Å². The third-order valence-corrected chi connectivity index (χ3v) is 5.59. The summed E-state index contributed by atoms with van der Waals surface area (Å²) in [4.78, 5) is 26.6. The minimum Gasteiger partial charge on any atom is -0.367 e. The van der Waals surface area contributed by atoms with Gasteiger partial charge < -0.3 is 5.32 Å². The van der Waals surface area contributed by atoms with Crippen LogP contribution in [0.4, 0.5) is 5.69 Å². The number of rotatable bonds is 3. The molecule has 0 radical (unpaired) electrons. The molecule has 2 bridgehead atoms. The molecule has 114 valence electrons. The standard InChI is InChI=1S/C18H20N2O2/c1-10-4-3-5-14(11(10)2)19-9-20-17(21)15-12-6-7-13(8-12)16(15)18(20)22/h3-7,12-13,15-16,19H,8-9H2,1-2H3/t12-,13-,15-,16+/m0/s1. The van der Waals surface area contributed by atoms with Crippen LogP contribution < -0.4 is 5.32 Å². The van der Waals surface area contributed by atoms with Gasteiger partial charge in [0.25, 0.3) is 0 Å². The SMILES string of the molecule is Cc1cccc(NCN2C(=O)[C@@H]3[C@H](C2=O)[C@H]2C=C[C@H]3C2)c1C. The predicted molar refractivity (Wildman–Crippen MR) is 84.0 cm³/mol. The van der Waals surface area contributed by atoms with Crippen LogP contribution in [0.2, 0.25) is 0 Å². The van der Waals surface area contributed by atoms with E-state index >= 15 is 0 Å². The van der Waals surface area contributed by atoms with Gasteiger partial charge in [-0.25, -0.2) is 0 Å². The lowest BCUT2D eigenvalue weighted by Crippen LogP contribution is -2.37. The van der Waals surface area contributed by atoms with E-state index in [1.807, 2.05) is 19.1 Å². The number of imide groups is 1. The quantitative estimate of drug-likeness (QED) is 0.688. The summed E-state index contributed by atoms with van der Waals surface area (Å²) in [6.45, 7) is 4.37. The number of hydrogen-bond acceptors (Lipinski definition) is 3. The highest BCUT2D eigenvalue weighted by atomic mass is 16.2. The summed E-state index contributed by atoms with van der Waals surface area (Å²) in [5.41, 5.74) is 3.34. The van der Waals surface area contributed by atoms with Crippen molar-refractivity contribution in [2.24, 2.45) is 23.7 Å². The first-order valence-corrected chi connectivity index (χ1v) is 7.91. The van der Waals surface area contributed by atoms with Gasteiger partial charge in [0.1, 0.15) is 0 Å². The van der Waals surface area contributed by atoms with Gasteiger partial charge in [0, 0.05) is 5.69 Å². The van der Waals surface area contributed by atoms with Gasteiger partial charge in [-0.15, -0.1) is 0 Å². The van der Waals surface area contributed by atoms with Gasteiger partial charge >= 0.3 is 0 Å². The molecule has 2 aliphatic carbocycles. The first-order valence-electron chi connectivity index (χ1n) is 7.91. The van der Waals surface area contributed by atoms with Gasteiger partial charge in [-0.3, -0.25) is 14.5 Å². The van der Waals surface area contributed by atoms with E-state index in [1.54, 1.807) is 0 Å². The number of nitrogens with one attached hydrogen (secondary N) is 1. The number of aryl methyl sites for hydroxylation is 1. The van der Waals surface area contributed by atoms with Gasteiger partial charge in [-0.2, -0.15) is 0 Å². The zero-order valence-electron chi connectivity index (χ0n) is 12.9. The molecule has 3 aliphatic rings. The Bertz CT molecular complexity index is 664. The van der Waals surface area contributed by atoms with Crippen molar-refractivity contribution < 1.29 is 9.59 Å². The molecule has 1 saturated heterocycles. The second-order valence-electron chi connectivity index (χ2n) is 6.69. The van der Waals surface area contributed by atoms with E-state index in [1.165, 1.54) is 10.5 Å². The van der Waals surface area contributed by atoms with E-state index in [9.17, 15) is 9.59 Å².